The fourth-order valence-electron chi connectivity index (χ4n) is 7.52. The van der Waals surface area contributed by atoms with Gasteiger partial charge in [0.2, 0.25) is 0 Å². The maximum absolute atomic E-state index is 6.51. The molecule has 55 heavy (non-hydrogen) atoms. The summed E-state index contributed by atoms with van der Waals surface area (Å²) in [6.07, 6.45) is 3.42. The Morgan fingerprint density at radius 1 is 0.636 bits per heavy atom. The van der Waals surface area contributed by atoms with Crippen molar-refractivity contribution in [1.29, 1.82) is 0 Å². The van der Waals surface area contributed by atoms with Crippen LogP contribution in [0.15, 0.2) is 155 Å². The van der Waals surface area contributed by atoms with Crippen LogP contribution < -0.4 is 0 Å². The number of unbranched alkanes of at least 4 members (excludes halogenated alkanes) is 1. The molecule has 0 fully saturated rings. The first-order valence-electron chi connectivity index (χ1n) is 19.0. The highest BCUT2D eigenvalue weighted by molar-refractivity contribution is 7.21. The lowest BCUT2D eigenvalue weighted by molar-refractivity contribution is 0.618. The molecule has 0 saturated heterocycles. The number of fused-ring (bicyclic) bond motifs is 4. The highest BCUT2D eigenvalue weighted by Gasteiger charge is 2.21. The second-order valence-electron chi connectivity index (χ2n) is 14.1. The topological polar surface area (TPSA) is 64.2 Å². The van der Waals surface area contributed by atoms with E-state index in [1.807, 2.05) is 84.1 Å². The molecule has 0 N–H and O–H groups in total. The normalized spacial score (nSPS) is 12.5. The van der Waals surface area contributed by atoms with Gasteiger partial charge in [-0.1, -0.05) is 141 Å². The van der Waals surface area contributed by atoms with Gasteiger partial charge in [-0.25, -0.2) is 15.0 Å². The Kier molecular flexibility index (Phi) is 9.34. The van der Waals surface area contributed by atoms with Crippen LogP contribution in [-0.2, 0) is 0 Å². The molecule has 0 saturated carbocycles. The summed E-state index contributed by atoms with van der Waals surface area (Å²) in [5, 5.41) is 3.27. The van der Waals surface area contributed by atoms with Crippen LogP contribution in [0.4, 0.5) is 0 Å². The number of hydrogen-bond acceptors (Lipinski definition) is 6. The molecule has 6 heteroatoms. The summed E-state index contributed by atoms with van der Waals surface area (Å²) in [7, 11) is 0. The first kappa shape index (κ1) is 34.5. The van der Waals surface area contributed by atoms with Crippen molar-refractivity contribution in [2.75, 3.05) is 0 Å². The van der Waals surface area contributed by atoms with Gasteiger partial charge in [0.05, 0.1) is 10.6 Å². The second kappa shape index (κ2) is 14.9. The number of aromatic nitrogens is 3. The second-order valence-corrected chi connectivity index (χ2v) is 15.2. The van der Waals surface area contributed by atoms with E-state index in [4.69, 9.17) is 24.4 Å². The molecule has 6 aromatic carbocycles. The number of nitrogens with zero attached hydrogens (tertiary/aromatic N) is 4. The Labute approximate surface area is 325 Å². The first-order chi connectivity index (χ1) is 27.1. The van der Waals surface area contributed by atoms with E-state index >= 15 is 0 Å². The number of hydrogen-bond donors (Lipinski definition) is 0. The summed E-state index contributed by atoms with van der Waals surface area (Å²) in [5.41, 5.74) is 10.2. The van der Waals surface area contributed by atoms with Gasteiger partial charge in [0.1, 0.15) is 11.2 Å². The number of rotatable bonds is 10. The van der Waals surface area contributed by atoms with Crippen LogP contribution in [-0.4, -0.2) is 26.7 Å². The van der Waals surface area contributed by atoms with Crippen LogP contribution in [0.1, 0.15) is 49.1 Å². The molecule has 3 aromatic heterocycles. The molecule has 1 atom stereocenters. The van der Waals surface area contributed by atoms with Crippen LogP contribution in [0.2, 0.25) is 0 Å². The summed E-state index contributed by atoms with van der Waals surface area (Å²) in [4.78, 5) is 21.7. The third-order valence-electron chi connectivity index (χ3n) is 10.3. The highest BCUT2D eigenvalue weighted by Crippen LogP contribution is 2.42. The summed E-state index contributed by atoms with van der Waals surface area (Å²) in [6.45, 7) is 6.74. The molecule has 0 aliphatic carbocycles. The molecule has 9 aromatic rings. The average Bonchev–Trinajstić information content (AvgIpc) is 3.79. The van der Waals surface area contributed by atoms with E-state index < -0.39 is 0 Å². The molecule has 268 valence electrons. The molecule has 9 rings (SSSR count). The zero-order valence-electron chi connectivity index (χ0n) is 31.2. The maximum Gasteiger partial charge on any atom is 0.164 e. The molecule has 0 aliphatic rings. The predicted octanol–water partition coefficient (Wildman–Crippen LogP) is 13.4. The number of benzene rings is 6. The summed E-state index contributed by atoms with van der Waals surface area (Å²) < 4.78 is 7.76. The van der Waals surface area contributed by atoms with E-state index in [0.717, 1.165) is 61.9 Å². The monoisotopic (exact) mass is 732 g/mol. The molecule has 0 radical (unpaired) electrons. The smallest absolute Gasteiger partial charge is 0.164 e. The van der Waals surface area contributed by atoms with E-state index in [2.05, 4.69) is 93.6 Å². The minimum absolute atomic E-state index is 0.238. The van der Waals surface area contributed by atoms with Crippen LogP contribution in [0.3, 0.4) is 0 Å². The Morgan fingerprint density at radius 2 is 1.27 bits per heavy atom. The van der Waals surface area contributed by atoms with Crippen molar-refractivity contribution < 1.29 is 4.42 Å². The van der Waals surface area contributed by atoms with Gasteiger partial charge in [0.15, 0.2) is 17.5 Å². The van der Waals surface area contributed by atoms with Crippen molar-refractivity contribution in [3.8, 4) is 45.3 Å². The van der Waals surface area contributed by atoms with Gasteiger partial charge in [-0.05, 0) is 61.2 Å². The minimum Gasteiger partial charge on any atom is -0.456 e. The van der Waals surface area contributed by atoms with E-state index in [0.29, 0.717) is 17.5 Å². The average molecular weight is 733 g/mol. The van der Waals surface area contributed by atoms with Crippen molar-refractivity contribution in [2.24, 2.45) is 4.99 Å². The predicted molar refractivity (Wildman–Crippen MR) is 230 cm³/mol. The number of furan rings is 1. The maximum atomic E-state index is 6.51. The Balaban J connectivity index is 1.21. The molecular weight excluding hydrogens is 693 g/mol. The summed E-state index contributed by atoms with van der Waals surface area (Å²) >= 11 is 1.84. The number of aryl methyl sites for hydroxylation is 1. The van der Waals surface area contributed by atoms with Gasteiger partial charge in [-0.15, -0.1) is 11.3 Å². The lowest BCUT2D eigenvalue weighted by Gasteiger charge is -2.12. The van der Waals surface area contributed by atoms with Crippen LogP contribution in [0, 0.1) is 6.92 Å². The lowest BCUT2D eigenvalue weighted by Crippen LogP contribution is -2.09. The third-order valence-corrected chi connectivity index (χ3v) is 11.6. The minimum atomic E-state index is 0.238. The van der Waals surface area contributed by atoms with Crippen LogP contribution >= 0.6 is 11.3 Å². The number of aliphatic imine (C=N–C) groups is 1. The van der Waals surface area contributed by atoms with Gasteiger partial charge < -0.3 is 4.42 Å². The quantitative estimate of drug-likeness (QED) is 0.131. The van der Waals surface area contributed by atoms with Crippen molar-refractivity contribution >= 4 is 49.1 Å². The first-order valence-corrected chi connectivity index (χ1v) is 19.9. The van der Waals surface area contributed by atoms with Gasteiger partial charge in [-0.3, -0.25) is 4.99 Å². The van der Waals surface area contributed by atoms with Crippen molar-refractivity contribution in [2.45, 2.75) is 46.1 Å². The Hall–Kier alpha value is -6.24. The van der Waals surface area contributed by atoms with Gasteiger partial charge >= 0.3 is 0 Å². The molecule has 3 heterocycles. The fraction of sp³-hybridized carbons (Fsp3) is 0.143. The highest BCUT2D eigenvalue weighted by atomic mass is 32.1. The number of thiophene rings is 1. The molecule has 0 bridgehead atoms. The van der Waals surface area contributed by atoms with Gasteiger partial charge in [-0.2, -0.15) is 0 Å². The summed E-state index contributed by atoms with van der Waals surface area (Å²) in [5.74, 6) is 1.86. The van der Waals surface area contributed by atoms with Crippen molar-refractivity contribution in [1.82, 2.24) is 15.0 Å². The molecule has 0 amide bonds. The van der Waals surface area contributed by atoms with Gasteiger partial charge in [0, 0.05) is 49.2 Å². The SMILES string of the molecule is CCCCC(C)N=C(c1ccccc1)c1sc2cccc(-c3ccc4oc5cccc(-c6nc(-c7ccccc7)nc(-c7ccccc7)n6)c5c4c3)c2c1C. The molecular formula is C49H40N4OS. The van der Waals surface area contributed by atoms with E-state index in [1.165, 1.54) is 38.9 Å². The van der Waals surface area contributed by atoms with E-state index in [1.54, 1.807) is 0 Å². The van der Waals surface area contributed by atoms with Crippen LogP contribution in [0.25, 0.3) is 77.3 Å². The summed E-state index contributed by atoms with van der Waals surface area (Å²) in [6, 6.07) is 50.4. The zero-order valence-corrected chi connectivity index (χ0v) is 32.0. The molecule has 1 unspecified atom stereocenters. The Bertz CT molecular complexity index is 2770. The van der Waals surface area contributed by atoms with Crippen molar-refractivity contribution in [3.05, 3.63) is 162 Å². The van der Waals surface area contributed by atoms with E-state index in [-0.39, 0.29) is 6.04 Å². The molecule has 0 aliphatic heterocycles. The Morgan fingerprint density at radius 3 is 1.96 bits per heavy atom. The van der Waals surface area contributed by atoms with E-state index in [9.17, 15) is 0 Å². The van der Waals surface area contributed by atoms with Crippen molar-refractivity contribution in [3.63, 3.8) is 0 Å². The third kappa shape index (κ3) is 6.64. The van der Waals surface area contributed by atoms with Gasteiger partial charge in [0.25, 0.3) is 0 Å². The largest absolute Gasteiger partial charge is 0.456 e. The fourth-order valence-corrected chi connectivity index (χ4v) is 8.78. The van der Waals surface area contributed by atoms with Crippen LogP contribution in [0.5, 0.6) is 0 Å². The molecule has 0 spiro atoms. The standard InChI is InChI=1S/C49H40N4OS/c1-4-5-17-31(2)50-45(33-18-9-6-10-19-33)46-32(3)43-37(24-16-27-42(43)55-46)36-28-29-40-39(30-36)44-38(25-15-26-41(44)54-40)49-52-47(34-20-11-7-12-21-34)51-48(53-49)35-22-13-8-14-23-35/h6-16,18-31H,4-5,17H2,1-3H3. The molecule has 5 nitrogen and oxygen atoms in total. The zero-order chi connectivity index (χ0) is 37.3. The lowest BCUT2D eigenvalue weighted by atomic mass is 9.95.